The number of nitrogens with zero attached hydrogens (tertiary/aromatic N) is 1. The van der Waals surface area contributed by atoms with Gasteiger partial charge in [0.15, 0.2) is 5.78 Å². The molecule has 2 saturated carbocycles. The molecule has 2 aliphatic carbocycles. The van der Waals surface area contributed by atoms with Gasteiger partial charge < -0.3 is 0 Å². The van der Waals surface area contributed by atoms with Crippen molar-refractivity contribution in [1.29, 1.82) is 0 Å². The van der Waals surface area contributed by atoms with E-state index in [4.69, 9.17) is 4.99 Å². The van der Waals surface area contributed by atoms with Gasteiger partial charge in [-0.15, -0.1) is 0 Å². The molecule has 3 aliphatic rings. The van der Waals surface area contributed by atoms with Gasteiger partial charge >= 0.3 is 0 Å². The first-order valence-electron chi connectivity index (χ1n) is 7.90. The second kappa shape index (κ2) is 5.14. The zero-order valence-electron chi connectivity index (χ0n) is 11.5. The maximum Gasteiger partial charge on any atom is 0.176 e. The summed E-state index contributed by atoms with van der Waals surface area (Å²) in [6.45, 7) is 2.30. The SMILES string of the molecule is CCCC1CCCC2N=C3C(=O)CCCC3CC12. The number of carbonyl (C=O) groups is 1. The largest absolute Gasteiger partial charge is 0.293 e. The summed E-state index contributed by atoms with van der Waals surface area (Å²) in [5.41, 5.74) is 0.986. The molecular formula is C16H25NO. The average Bonchev–Trinajstić information content (AvgIpc) is 2.38. The standard InChI is InChI=1S/C16H25NO/c1-2-5-11-6-3-8-14-13(11)10-12-7-4-9-15(18)16(12)17-14/h11-14H,2-10H2,1H3. The molecule has 2 nitrogen and oxygen atoms in total. The highest BCUT2D eigenvalue weighted by Crippen LogP contribution is 2.43. The fourth-order valence-corrected chi connectivity index (χ4v) is 4.49. The van der Waals surface area contributed by atoms with Crippen molar-refractivity contribution in [2.24, 2.45) is 22.7 Å². The highest BCUT2D eigenvalue weighted by atomic mass is 16.1. The Labute approximate surface area is 110 Å². The highest BCUT2D eigenvalue weighted by Gasteiger charge is 2.41. The zero-order chi connectivity index (χ0) is 12.5. The lowest BCUT2D eigenvalue weighted by Gasteiger charge is -2.43. The van der Waals surface area contributed by atoms with Crippen molar-refractivity contribution in [1.82, 2.24) is 0 Å². The third-order valence-electron chi connectivity index (χ3n) is 5.32. The molecule has 0 aromatic rings. The predicted octanol–water partition coefficient (Wildman–Crippen LogP) is 3.79. The Bertz CT molecular complexity index is 358. The molecule has 0 saturated heterocycles. The van der Waals surface area contributed by atoms with E-state index in [-0.39, 0.29) is 0 Å². The number of aliphatic imine (C=N–C) groups is 1. The lowest BCUT2D eigenvalue weighted by atomic mass is 9.66. The van der Waals surface area contributed by atoms with Gasteiger partial charge in [0.1, 0.15) is 0 Å². The first kappa shape index (κ1) is 12.4. The van der Waals surface area contributed by atoms with E-state index in [1.807, 2.05) is 0 Å². The normalized spacial score (nSPS) is 39.8. The van der Waals surface area contributed by atoms with Crippen LogP contribution in [0.15, 0.2) is 4.99 Å². The smallest absolute Gasteiger partial charge is 0.176 e. The van der Waals surface area contributed by atoms with Crippen molar-refractivity contribution in [2.45, 2.75) is 70.8 Å². The van der Waals surface area contributed by atoms with Crippen LogP contribution in [0, 0.1) is 17.8 Å². The Morgan fingerprint density at radius 2 is 2.11 bits per heavy atom. The first-order valence-corrected chi connectivity index (χ1v) is 7.90. The van der Waals surface area contributed by atoms with Gasteiger partial charge in [-0.25, -0.2) is 0 Å². The maximum absolute atomic E-state index is 12.0. The van der Waals surface area contributed by atoms with Crippen molar-refractivity contribution >= 4 is 11.5 Å². The van der Waals surface area contributed by atoms with Gasteiger partial charge in [-0.05, 0) is 37.5 Å². The van der Waals surface area contributed by atoms with Crippen LogP contribution >= 0.6 is 0 Å². The molecule has 4 unspecified atom stereocenters. The predicted molar refractivity (Wildman–Crippen MR) is 73.9 cm³/mol. The van der Waals surface area contributed by atoms with Crippen LogP contribution in [-0.2, 0) is 4.79 Å². The van der Waals surface area contributed by atoms with E-state index in [2.05, 4.69) is 6.92 Å². The Balaban J connectivity index is 1.82. The first-order chi connectivity index (χ1) is 8.79. The molecule has 0 N–H and O–H groups in total. The lowest BCUT2D eigenvalue weighted by molar-refractivity contribution is -0.114. The third-order valence-corrected chi connectivity index (χ3v) is 5.32. The van der Waals surface area contributed by atoms with Crippen LogP contribution in [0.4, 0.5) is 0 Å². The average molecular weight is 247 g/mol. The number of hydrogen-bond donors (Lipinski definition) is 0. The van der Waals surface area contributed by atoms with Crippen molar-refractivity contribution in [2.75, 3.05) is 0 Å². The monoisotopic (exact) mass is 247 g/mol. The molecule has 0 amide bonds. The number of carbonyl (C=O) groups excluding carboxylic acids is 1. The van der Waals surface area contributed by atoms with Gasteiger partial charge in [0, 0.05) is 12.3 Å². The summed E-state index contributed by atoms with van der Waals surface area (Å²) < 4.78 is 0. The summed E-state index contributed by atoms with van der Waals surface area (Å²) in [4.78, 5) is 16.9. The summed E-state index contributed by atoms with van der Waals surface area (Å²) >= 11 is 0. The van der Waals surface area contributed by atoms with Gasteiger partial charge in [0.25, 0.3) is 0 Å². The van der Waals surface area contributed by atoms with Crippen molar-refractivity contribution in [3.63, 3.8) is 0 Å². The minimum absolute atomic E-state index is 0.363. The number of hydrogen-bond acceptors (Lipinski definition) is 2. The quantitative estimate of drug-likeness (QED) is 0.730. The van der Waals surface area contributed by atoms with Crippen LogP contribution in [0.2, 0.25) is 0 Å². The van der Waals surface area contributed by atoms with Crippen LogP contribution in [-0.4, -0.2) is 17.5 Å². The summed E-state index contributed by atoms with van der Waals surface area (Å²) in [6, 6.07) is 0.489. The van der Waals surface area contributed by atoms with E-state index in [9.17, 15) is 4.79 Å². The molecule has 0 spiro atoms. The van der Waals surface area contributed by atoms with E-state index >= 15 is 0 Å². The molecule has 2 heteroatoms. The Kier molecular flexibility index (Phi) is 3.54. The molecule has 4 atom stereocenters. The second-order valence-corrected chi connectivity index (χ2v) is 6.47. The molecule has 1 heterocycles. The molecule has 18 heavy (non-hydrogen) atoms. The van der Waals surface area contributed by atoms with Gasteiger partial charge in [-0.3, -0.25) is 9.79 Å². The maximum atomic E-state index is 12.0. The molecular weight excluding hydrogens is 222 g/mol. The van der Waals surface area contributed by atoms with Crippen molar-refractivity contribution < 1.29 is 4.79 Å². The van der Waals surface area contributed by atoms with Crippen LogP contribution < -0.4 is 0 Å². The van der Waals surface area contributed by atoms with E-state index in [0.717, 1.165) is 30.4 Å². The van der Waals surface area contributed by atoms with E-state index < -0.39 is 0 Å². The molecule has 0 aromatic heterocycles. The summed E-state index contributed by atoms with van der Waals surface area (Å²) in [5, 5.41) is 0. The molecule has 0 bridgehead atoms. The Hall–Kier alpha value is -0.660. The lowest BCUT2D eigenvalue weighted by Crippen LogP contribution is -2.43. The minimum atomic E-state index is 0.363. The molecule has 0 aromatic carbocycles. The molecule has 100 valence electrons. The van der Waals surface area contributed by atoms with Crippen LogP contribution in [0.1, 0.15) is 64.7 Å². The third kappa shape index (κ3) is 2.15. The van der Waals surface area contributed by atoms with E-state index in [1.54, 1.807) is 0 Å². The molecule has 0 radical (unpaired) electrons. The van der Waals surface area contributed by atoms with Gasteiger partial charge in [0.2, 0.25) is 0 Å². The number of fused-ring (bicyclic) bond motifs is 2. The second-order valence-electron chi connectivity index (χ2n) is 6.47. The summed E-state index contributed by atoms with van der Waals surface area (Å²) in [6.07, 6.45) is 11.0. The van der Waals surface area contributed by atoms with Crippen molar-refractivity contribution in [3.8, 4) is 0 Å². The van der Waals surface area contributed by atoms with Crippen LogP contribution in [0.5, 0.6) is 0 Å². The van der Waals surface area contributed by atoms with E-state index in [0.29, 0.717) is 17.7 Å². The summed E-state index contributed by atoms with van der Waals surface area (Å²) in [5.74, 6) is 2.56. The van der Waals surface area contributed by atoms with Crippen molar-refractivity contribution in [3.05, 3.63) is 0 Å². The molecule has 1 aliphatic heterocycles. The van der Waals surface area contributed by atoms with Gasteiger partial charge in [0.05, 0.1) is 11.8 Å². The number of ketones is 1. The Morgan fingerprint density at radius 1 is 1.22 bits per heavy atom. The Morgan fingerprint density at radius 3 is 2.94 bits per heavy atom. The summed E-state index contributed by atoms with van der Waals surface area (Å²) in [7, 11) is 0. The fraction of sp³-hybridized carbons (Fsp3) is 0.875. The topological polar surface area (TPSA) is 29.4 Å². The number of rotatable bonds is 2. The number of Topliss-reactive ketones (excluding diaryl/α,β-unsaturated/α-hetero) is 1. The zero-order valence-corrected chi connectivity index (χ0v) is 11.5. The van der Waals surface area contributed by atoms with Gasteiger partial charge in [-0.2, -0.15) is 0 Å². The van der Waals surface area contributed by atoms with Crippen LogP contribution in [0.25, 0.3) is 0 Å². The minimum Gasteiger partial charge on any atom is -0.293 e. The molecule has 2 fully saturated rings. The van der Waals surface area contributed by atoms with E-state index in [1.165, 1.54) is 44.9 Å². The van der Waals surface area contributed by atoms with Crippen LogP contribution in [0.3, 0.4) is 0 Å². The molecule has 3 rings (SSSR count). The fourth-order valence-electron chi connectivity index (χ4n) is 4.49. The van der Waals surface area contributed by atoms with Gasteiger partial charge in [-0.1, -0.05) is 32.6 Å². The highest BCUT2D eigenvalue weighted by molar-refractivity contribution is 6.41.